The Bertz CT molecular complexity index is 497. The van der Waals surface area contributed by atoms with Crippen molar-refractivity contribution in [3.05, 3.63) is 29.3 Å². The molecule has 1 aromatic rings. The normalized spacial score (nSPS) is 23.6. The van der Waals surface area contributed by atoms with E-state index in [0.29, 0.717) is 0 Å². The van der Waals surface area contributed by atoms with Gasteiger partial charge in [0.05, 0.1) is 0 Å². The topological polar surface area (TPSA) is 18.5 Å². The van der Waals surface area contributed by atoms with Crippen LogP contribution in [0, 0.1) is 6.92 Å². The van der Waals surface area contributed by atoms with Crippen molar-refractivity contribution in [3.8, 4) is 0 Å². The molecule has 4 rings (SSSR count). The van der Waals surface area contributed by atoms with E-state index >= 15 is 0 Å². The number of nitrogens with one attached hydrogen (secondary N) is 1. The van der Waals surface area contributed by atoms with Gasteiger partial charge >= 0.3 is 0 Å². The number of hydrogen-bond donors (Lipinski definition) is 1. The molecule has 3 fully saturated rings. The second-order valence-electron chi connectivity index (χ2n) is 7.04. The molecule has 0 unspecified atom stereocenters. The van der Waals surface area contributed by atoms with Gasteiger partial charge in [0.2, 0.25) is 0 Å². The lowest BCUT2D eigenvalue weighted by atomic mass is 10.1. The minimum atomic E-state index is 0.782. The average Bonchev–Trinajstić information content (AvgIpc) is 3.39. The third-order valence-corrected chi connectivity index (χ3v) is 5.11. The van der Waals surface area contributed by atoms with Gasteiger partial charge < -0.3 is 10.2 Å². The van der Waals surface area contributed by atoms with Gasteiger partial charge in [0.1, 0.15) is 0 Å². The third kappa shape index (κ3) is 3.24. The predicted molar refractivity (Wildman–Crippen MR) is 87.8 cm³/mol. The summed E-state index contributed by atoms with van der Waals surface area (Å²) in [6.45, 7) is 8.11. The lowest BCUT2D eigenvalue weighted by Crippen LogP contribution is -2.47. The van der Waals surface area contributed by atoms with Crippen molar-refractivity contribution < 1.29 is 0 Å². The van der Waals surface area contributed by atoms with Crippen molar-refractivity contribution in [2.75, 3.05) is 31.1 Å². The molecule has 2 saturated carbocycles. The molecule has 21 heavy (non-hydrogen) atoms. The Labute approximate surface area is 128 Å². The lowest BCUT2D eigenvalue weighted by Gasteiger charge is -2.37. The summed E-state index contributed by atoms with van der Waals surface area (Å²) in [7, 11) is 0. The average molecular weight is 285 g/mol. The number of nitrogens with zero attached hydrogens (tertiary/aromatic N) is 2. The van der Waals surface area contributed by atoms with E-state index in [9.17, 15) is 0 Å². The quantitative estimate of drug-likeness (QED) is 0.897. The number of piperazine rings is 1. The minimum absolute atomic E-state index is 0.782. The summed E-state index contributed by atoms with van der Waals surface area (Å²) < 4.78 is 0. The number of rotatable bonds is 5. The number of anilines is 1. The Hall–Kier alpha value is -1.06. The first-order chi connectivity index (χ1) is 10.3. The molecule has 114 valence electrons. The van der Waals surface area contributed by atoms with E-state index in [1.807, 2.05) is 0 Å². The highest BCUT2D eigenvalue weighted by Crippen LogP contribution is 2.30. The largest absolute Gasteiger partial charge is 0.369 e. The monoisotopic (exact) mass is 285 g/mol. The van der Waals surface area contributed by atoms with Crippen LogP contribution in [0.5, 0.6) is 0 Å². The molecule has 3 nitrogen and oxygen atoms in total. The molecule has 1 aromatic carbocycles. The molecule has 0 spiro atoms. The maximum absolute atomic E-state index is 3.68. The van der Waals surface area contributed by atoms with Crippen molar-refractivity contribution >= 4 is 5.69 Å². The van der Waals surface area contributed by atoms with Crippen molar-refractivity contribution in [1.29, 1.82) is 0 Å². The van der Waals surface area contributed by atoms with Crippen LogP contribution in [-0.2, 0) is 6.54 Å². The van der Waals surface area contributed by atoms with E-state index in [-0.39, 0.29) is 0 Å². The van der Waals surface area contributed by atoms with E-state index in [1.54, 1.807) is 0 Å². The summed E-state index contributed by atoms with van der Waals surface area (Å²) >= 11 is 0. The Morgan fingerprint density at radius 2 is 1.81 bits per heavy atom. The molecule has 3 heteroatoms. The zero-order valence-electron chi connectivity index (χ0n) is 13.1. The molecule has 1 saturated heterocycles. The number of aryl methyl sites for hydroxylation is 1. The minimum Gasteiger partial charge on any atom is -0.369 e. The van der Waals surface area contributed by atoms with Crippen molar-refractivity contribution in [1.82, 2.24) is 10.2 Å². The van der Waals surface area contributed by atoms with Crippen LogP contribution in [0.1, 0.15) is 36.8 Å². The smallest absolute Gasteiger partial charge is 0.0412 e. The standard InChI is InChI=1S/C18H27N3/c1-14-2-7-18(15(12-14)13-19-16-3-4-16)21-10-8-20(9-11-21)17-5-6-17/h2,7,12,16-17,19H,3-6,8-11,13H2,1H3. The highest BCUT2D eigenvalue weighted by Gasteiger charge is 2.31. The fraction of sp³-hybridized carbons (Fsp3) is 0.667. The van der Waals surface area contributed by atoms with Gasteiger partial charge in [0.15, 0.2) is 0 Å². The van der Waals surface area contributed by atoms with Gasteiger partial charge in [-0.25, -0.2) is 0 Å². The SMILES string of the molecule is Cc1ccc(N2CCN(C3CC3)CC2)c(CNC2CC2)c1. The summed E-state index contributed by atoms with van der Waals surface area (Å²) in [6, 6.07) is 8.68. The molecule has 1 heterocycles. The van der Waals surface area contributed by atoms with Crippen molar-refractivity contribution in [2.24, 2.45) is 0 Å². The van der Waals surface area contributed by atoms with Crippen LogP contribution >= 0.6 is 0 Å². The molecule has 0 aromatic heterocycles. The van der Waals surface area contributed by atoms with Gasteiger partial charge in [-0.3, -0.25) is 4.90 Å². The molecular weight excluding hydrogens is 258 g/mol. The molecule has 0 amide bonds. The van der Waals surface area contributed by atoms with Crippen LogP contribution in [0.4, 0.5) is 5.69 Å². The first-order valence-electron chi connectivity index (χ1n) is 8.61. The summed E-state index contributed by atoms with van der Waals surface area (Å²) in [5.41, 5.74) is 4.33. The molecular formula is C18H27N3. The molecule has 3 aliphatic rings. The summed E-state index contributed by atoms with van der Waals surface area (Å²) in [5.74, 6) is 0. The zero-order valence-corrected chi connectivity index (χ0v) is 13.1. The van der Waals surface area contributed by atoms with Crippen LogP contribution in [0.15, 0.2) is 18.2 Å². The number of benzene rings is 1. The summed E-state index contributed by atoms with van der Waals surface area (Å²) in [4.78, 5) is 5.29. The predicted octanol–water partition coefficient (Wildman–Crippen LogP) is 2.53. The molecule has 0 atom stereocenters. The molecule has 1 aliphatic heterocycles. The second-order valence-corrected chi connectivity index (χ2v) is 7.04. The molecule has 0 radical (unpaired) electrons. The third-order valence-electron chi connectivity index (χ3n) is 5.11. The Morgan fingerprint density at radius 3 is 2.48 bits per heavy atom. The Balaban J connectivity index is 1.45. The summed E-state index contributed by atoms with van der Waals surface area (Å²) in [6.07, 6.45) is 5.59. The van der Waals surface area contributed by atoms with E-state index < -0.39 is 0 Å². The molecule has 1 N–H and O–H groups in total. The molecule has 0 bridgehead atoms. The van der Waals surface area contributed by atoms with Gasteiger partial charge in [0.25, 0.3) is 0 Å². The van der Waals surface area contributed by atoms with E-state index in [1.165, 1.54) is 68.7 Å². The van der Waals surface area contributed by atoms with Gasteiger partial charge in [0, 0.05) is 50.5 Å². The van der Waals surface area contributed by atoms with E-state index in [2.05, 4.69) is 40.2 Å². The highest BCUT2D eigenvalue weighted by atomic mass is 15.3. The fourth-order valence-electron chi connectivity index (χ4n) is 3.47. The maximum Gasteiger partial charge on any atom is 0.0412 e. The highest BCUT2D eigenvalue weighted by molar-refractivity contribution is 5.55. The van der Waals surface area contributed by atoms with Gasteiger partial charge in [-0.1, -0.05) is 17.7 Å². The Kier molecular flexibility index (Phi) is 3.64. The zero-order chi connectivity index (χ0) is 14.2. The Morgan fingerprint density at radius 1 is 1.05 bits per heavy atom. The van der Waals surface area contributed by atoms with E-state index in [0.717, 1.165) is 18.6 Å². The van der Waals surface area contributed by atoms with Gasteiger partial charge in [-0.2, -0.15) is 0 Å². The maximum atomic E-state index is 3.68. The number of hydrogen-bond acceptors (Lipinski definition) is 3. The van der Waals surface area contributed by atoms with Gasteiger partial charge in [-0.05, 0) is 44.2 Å². The van der Waals surface area contributed by atoms with Crippen LogP contribution in [0.3, 0.4) is 0 Å². The van der Waals surface area contributed by atoms with Crippen LogP contribution < -0.4 is 10.2 Å². The van der Waals surface area contributed by atoms with Crippen molar-refractivity contribution in [2.45, 2.75) is 51.2 Å². The first-order valence-corrected chi connectivity index (χ1v) is 8.61. The summed E-state index contributed by atoms with van der Waals surface area (Å²) in [5, 5.41) is 3.68. The van der Waals surface area contributed by atoms with Crippen LogP contribution in [0.2, 0.25) is 0 Å². The fourth-order valence-corrected chi connectivity index (χ4v) is 3.47. The van der Waals surface area contributed by atoms with Crippen molar-refractivity contribution in [3.63, 3.8) is 0 Å². The van der Waals surface area contributed by atoms with Crippen LogP contribution in [0.25, 0.3) is 0 Å². The van der Waals surface area contributed by atoms with Gasteiger partial charge in [-0.15, -0.1) is 0 Å². The molecule has 2 aliphatic carbocycles. The van der Waals surface area contributed by atoms with E-state index in [4.69, 9.17) is 0 Å². The second kappa shape index (κ2) is 5.62. The van der Waals surface area contributed by atoms with Crippen LogP contribution in [-0.4, -0.2) is 43.2 Å². The first kappa shape index (κ1) is 13.6. The lowest BCUT2D eigenvalue weighted by molar-refractivity contribution is 0.248.